The fraction of sp³-hybridized carbons (Fsp3) is 0.125. The number of carbonyl (C=O) groups excluding carboxylic acids is 1. The van der Waals surface area contributed by atoms with Crippen molar-refractivity contribution in [3.8, 4) is 22.8 Å². The predicted molar refractivity (Wildman–Crippen MR) is 129 cm³/mol. The van der Waals surface area contributed by atoms with Gasteiger partial charge >= 0.3 is 0 Å². The van der Waals surface area contributed by atoms with E-state index >= 15 is 0 Å². The monoisotopic (exact) mass is 482 g/mol. The molecular formula is C24H20ClFN4O2S. The van der Waals surface area contributed by atoms with Crippen molar-refractivity contribution in [2.24, 2.45) is 0 Å². The third-order valence-electron chi connectivity index (χ3n) is 4.78. The van der Waals surface area contributed by atoms with E-state index in [0.717, 1.165) is 22.6 Å². The number of carbonyl (C=O) groups is 1. The van der Waals surface area contributed by atoms with E-state index in [0.29, 0.717) is 16.7 Å². The molecule has 0 unspecified atom stereocenters. The van der Waals surface area contributed by atoms with Gasteiger partial charge in [0.25, 0.3) is 0 Å². The molecule has 4 rings (SSSR count). The zero-order chi connectivity index (χ0) is 23.4. The molecule has 0 saturated heterocycles. The van der Waals surface area contributed by atoms with Crippen LogP contribution in [0.3, 0.4) is 0 Å². The first-order valence-electron chi connectivity index (χ1n) is 9.99. The van der Waals surface area contributed by atoms with E-state index in [2.05, 4.69) is 15.5 Å². The molecule has 1 aromatic heterocycles. The molecule has 0 spiro atoms. The van der Waals surface area contributed by atoms with Crippen molar-refractivity contribution in [1.29, 1.82) is 0 Å². The van der Waals surface area contributed by atoms with Gasteiger partial charge in [0.1, 0.15) is 11.6 Å². The molecule has 1 amide bonds. The second kappa shape index (κ2) is 10.1. The normalized spacial score (nSPS) is 10.8. The Kier molecular flexibility index (Phi) is 6.96. The Balaban J connectivity index is 1.60. The van der Waals surface area contributed by atoms with Gasteiger partial charge in [-0.2, -0.15) is 0 Å². The maximum atomic E-state index is 13.4. The van der Waals surface area contributed by atoms with Crippen molar-refractivity contribution in [3.63, 3.8) is 0 Å². The molecule has 33 heavy (non-hydrogen) atoms. The molecule has 0 fully saturated rings. The van der Waals surface area contributed by atoms with Crippen LogP contribution in [0, 0.1) is 12.7 Å². The molecule has 0 radical (unpaired) electrons. The van der Waals surface area contributed by atoms with Crippen LogP contribution in [0.15, 0.2) is 71.9 Å². The Hall–Kier alpha value is -3.36. The number of halogens is 2. The van der Waals surface area contributed by atoms with Crippen LogP contribution in [0.2, 0.25) is 5.02 Å². The Bertz CT molecular complexity index is 1290. The van der Waals surface area contributed by atoms with Gasteiger partial charge in [-0.3, -0.25) is 9.36 Å². The number of nitrogens with one attached hydrogen (secondary N) is 1. The van der Waals surface area contributed by atoms with E-state index in [4.69, 9.17) is 16.3 Å². The summed E-state index contributed by atoms with van der Waals surface area (Å²) in [5, 5.41) is 12.0. The van der Waals surface area contributed by atoms with Gasteiger partial charge in [-0.05, 0) is 55.5 Å². The number of thioether (sulfide) groups is 1. The highest BCUT2D eigenvalue weighted by atomic mass is 35.5. The number of aryl methyl sites for hydroxylation is 1. The third kappa shape index (κ3) is 5.35. The highest BCUT2D eigenvalue weighted by molar-refractivity contribution is 7.99. The summed E-state index contributed by atoms with van der Waals surface area (Å²) in [6.07, 6.45) is 0. The molecule has 0 aliphatic carbocycles. The maximum Gasteiger partial charge on any atom is 0.234 e. The number of aromatic nitrogens is 3. The minimum absolute atomic E-state index is 0.0532. The number of nitrogens with zero attached hydrogens (tertiary/aromatic N) is 3. The summed E-state index contributed by atoms with van der Waals surface area (Å²) in [6, 6.07) is 19.5. The summed E-state index contributed by atoms with van der Waals surface area (Å²) < 4.78 is 20.5. The lowest BCUT2D eigenvalue weighted by atomic mass is 10.1. The number of hydrogen-bond donors (Lipinski definition) is 1. The van der Waals surface area contributed by atoms with Crippen molar-refractivity contribution in [2.75, 3.05) is 18.2 Å². The Morgan fingerprint density at radius 1 is 1.12 bits per heavy atom. The molecule has 6 nitrogen and oxygen atoms in total. The Labute approximate surface area is 199 Å². The highest BCUT2D eigenvalue weighted by Crippen LogP contribution is 2.29. The predicted octanol–water partition coefficient (Wildman–Crippen LogP) is 5.77. The molecular weight excluding hydrogens is 463 g/mol. The molecule has 1 N–H and O–H groups in total. The van der Waals surface area contributed by atoms with Crippen molar-refractivity contribution in [1.82, 2.24) is 14.8 Å². The molecule has 9 heteroatoms. The first-order valence-corrected chi connectivity index (χ1v) is 11.4. The van der Waals surface area contributed by atoms with Crippen LogP contribution in [0.4, 0.5) is 10.1 Å². The average Bonchev–Trinajstić information content (AvgIpc) is 3.24. The number of methoxy groups -OCH3 is 1. The van der Waals surface area contributed by atoms with Crippen LogP contribution >= 0.6 is 23.4 Å². The zero-order valence-electron chi connectivity index (χ0n) is 17.9. The van der Waals surface area contributed by atoms with Crippen LogP contribution in [-0.2, 0) is 4.79 Å². The minimum atomic E-state index is -0.541. The van der Waals surface area contributed by atoms with E-state index in [1.165, 1.54) is 30.0 Å². The number of amides is 1. The van der Waals surface area contributed by atoms with Crippen molar-refractivity contribution in [2.45, 2.75) is 12.1 Å². The second-order valence-corrected chi connectivity index (χ2v) is 8.52. The summed E-state index contributed by atoms with van der Waals surface area (Å²) in [5.74, 6) is 0.661. The molecule has 0 saturated carbocycles. The average molecular weight is 483 g/mol. The summed E-state index contributed by atoms with van der Waals surface area (Å²) in [5.41, 5.74) is 3.27. The van der Waals surface area contributed by atoms with Gasteiger partial charge in [-0.15, -0.1) is 10.2 Å². The van der Waals surface area contributed by atoms with Gasteiger partial charge < -0.3 is 10.1 Å². The van der Waals surface area contributed by atoms with Crippen LogP contribution < -0.4 is 10.1 Å². The SMILES string of the molecule is COc1ccc(-n2c(SCC(=O)Nc3ccc(F)c(Cl)c3)nnc2-c2cccc(C)c2)cc1. The fourth-order valence-electron chi connectivity index (χ4n) is 3.20. The Morgan fingerprint density at radius 3 is 2.61 bits per heavy atom. The van der Waals surface area contributed by atoms with E-state index in [1.54, 1.807) is 7.11 Å². The highest BCUT2D eigenvalue weighted by Gasteiger charge is 2.18. The van der Waals surface area contributed by atoms with Gasteiger partial charge in [0.2, 0.25) is 5.91 Å². The number of benzene rings is 3. The summed E-state index contributed by atoms with van der Waals surface area (Å²) in [6.45, 7) is 2.01. The van der Waals surface area contributed by atoms with Crippen LogP contribution in [-0.4, -0.2) is 33.5 Å². The second-order valence-electron chi connectivity index (χ2n) is 7.17. The summed E-state index contributed by atoms with van der Waals surface area (Å²) in [7, 11) is 1.61. The minimum Gasteiger partial charge on any atom is -0.497 e. The van der Waals surface area contributed by atoms with E-state index in [1.807, 2.05) is 60.0 Å². The van der Waals surface area contributed by atoms with Crippen LogP contribution in [0.1, 0.15) is 5.56 Å². The molecule has 0 atom stereocenters. The smallest absolute Gasteiger partial charge is 0.234 e. The summed E-state index contributed by atoms with van der Waals surface area (Å²) >= 11 is 7.04. The van der Waals surface area contributed by atoms with E-state index in [9.17, 15) is 9.18 Å². The standard InChI is InChI=1S/C24H20ClFN4O2S/c1-15-4-3-5-16(12-15)23-28-29-24(30(23)18-7-9-19(32-2)10-8-18)33-14-22(31)27-17-6-11-21(26)20(25)13-17/h3-13H,14H2,1-2H3,(H,27,31). The number of rotatable bonds is 7. The molecule has 1 heterocycles. The van der Waals surface area contributed by atoms with Crippen molar-refractivity contribution in [3.05, 3.63) is 83.1 Å². The fourth-order valence-corrected chi connectivity index (χ4v) is 4.13. The van der Waals surface area contributed by atoms with Gasteiger partial charge in [0.05, 0.1) is 17.9 Å². The summed E-state index contributed by atoms with van der Waals surface area (Å²) in [4.78, 5) is 12.5. The number of ether oxygens (including phenoxy) is 1. The lowest BCUT2D eigenvalue weighted by Gasteiger charge is -2.12. The lowest BCUT2D eigenvalue weighted by molar-refractivity contribution is -0.113. The molecule has 3 aromatic carbocycles. The van der Waals surface area contributed by atoms with Crippen LogP contribution in [0.25, 0.3) is 17.1 Å². The van der Waals surface area contributed by atoms with Crippen molar-refractivity contribution < 1.29 is 13.9 Å². The van der Waals surface area contributed by atoms with E-state index < -0.39 is 5.82 Å². The Morgan fingerprint density at radius 2 is 1.91 bits per heavy atom. The molecule has 0 aliphatic rings. The van der Waals surface area contributed by atoms with E-state index in [-0.39, 0.29) is 16.7 Å². The van der Waals surface area contributed by atoms with Gasteiger partial charge in [-0.25, -0.2) is 4.39 Å². The number of anilines is 1. The van der Waals surface area contributed by atoms with Gasteiger partial charge in [-0.1, -0.05) is 47.1 Å². The number of hydrogen-bond acceptors (Lipinski definition) is 5. The maximum absolute atomic E-state index is 13.4. The topological polar surface area (TPSA) is 69.0 Å². The first kappa shape index (κ1) is 22.8. The van der Waals surface area contributed by atoms with Gasteiger partial charge in [0, 0.05) is 16.9 Å². The molecule has 0 bridgehead atoms. The molecule has 4 aromatic rings. The first-order chi connectivity index (χ1) is 15.9. The van der Waals surface area contributed by atoms with Crippen LogP contribution in [0.5, 0.6) is 5.75 Å². The van der Waals surface area contributed by atoms with Gasteiger partial charge in [0.15, 0.2) is 11.0 Å². The molecule has 0 aliphatic heterocycles. The zero-order valence-corrected chi connectivity index (χ0v) is 19.5. The molecule has 168 valence electrons. The third-order valence-corrected chi connectivity index (χ3v) is 5.99. The largest absolute Gasteiger partial charge is 0.497 e. The lowest BCUT2D eigenvalue weighted by Crippen LogP contribution is -2.14. The quantitative estimate of drug-likeness (QED) is 0.338. The van der Waals surface area contributed by atoms with Crippen molar-refractivity contribution >= 4 is 35.0 Å².